The zero-order valence-electron chi connectivity index (χ0n) is 11.8. The molecule has 0 radical (unpaired) electrons. The van der Waals surface area contributed by atoms with Crippen LogP contribution in [0.25, 0.3) is 0 Å². The van der Waals surface area contributed by atoms with Crippen molar-refractivity contribution < 1.29 is 12.8 Å². The van der Waals surface area contributed by atoms with E-state index in [0.29, 0.717) is 19.7 Å². The lowest BCUT2D eigenvalue weighted by atomic mass is 10.2. The van der Waals surface area contributed by atoms with Gasteiger partial charge in [-0.25, -0.2) is 5.14 Å². The first-order valence-electron chi connectivity index (χ1n) is 5.83. The van der Waals surface area contributed by atoms with E-state index in [1.807, 2.05) is 0 Å². The van der Waals surface area contributed by atoms with Crippen molar-refractivity contribution in [3.8, 4) is 0 Å². The molecule has 0 aromatic carbocycles. The Morgan fingerprint density at radius 1 is 1.29 bits per heavy atom. The summed E-state index contributed by atoms with van der Waals surface area (Å²) in [7, 11) is -5.41. The molecule has 0 saturated heterocycles. The van der Waals surface area contributed by atoms with Crippen LogP contribution in [0, 0.1) is 0 Å². The van der Waals surface area contributed by atoms with Crippen molar-refractivity contribution in [3.63, 3.8) is 0 Å². The molecule has 0 bridgehead atoms. The molecule has 0 aliphatic rings. The first-order chi connectivity index (χ1) is 7.42. The summed E-state index contributed by atoms with van der Waals surface area (Å²) >= 11 is 0. The summed E-state index contributed by atoms with van der Waals surface area (Å²) in [6, 6.07) is 0. The van der Waals surface area contributed by atoms with Crippen LogP contribution in [0.2, 0.25) is 18.1 Å². The highest BCUT2D eigenvalue weighted by molar-refractivity contribution is 7.86. The molecule has 0 atom stereocenters. The van der Waals surface area contributed by atoms with Crippen LogP contribution in [-0.2, 0) is 14.6 Å². The van der Waals surface area contributed by atoms with Gasteiger partial charge in [0.15, 0.2) is 8.32 Å². The minimum atomic E-state index is -3.60. The van der Waals surface area contributed by atoms with Crippen molar-refractivity contribution in [1.29, 1.82) is 0 Å². The molecule has 0 aliphatic carbocycles. The summed E-state index contributed by atoms with van der Waals surface area (Å²) < 4.78 is 29.5. The normalized spacial score (nSPS) is 14.4. The minimum absolute atomic E-state index is 0.131. The van der Waals surface area contributed by atoms with E-state index in [-0.39, 0.29) is 5.04 Å². The minimum Gasteiger partial charge on any atom is -0.415 e. The van der Waals surface area contributed by atoms with E-state index < -0.39 is 18.5 Å². The summed E-state index contributed by atoms with van der Waals surface area (Å²) in [5.41, 5.74) is 0. The molecule has 0 aliphatic heterocycles. The van der Waals surface area contributed by atoms with Crippen LogP contribution < -0.4 is 5.14 Å². The van der Waals surface area contributed by atoms with Gasteiger partial charge in [0.25, 0.3) is 10.2 Å². The van der Waals surface area contributed by atoms with Crippen molar-refractivity contribution >= 4 is 18.5 Å². The van der Waals surface area contributed by atoms with Crippen molar-refractivity contribution in [1.82, 2.24) is 4.31 Å². The van der Waals surface area contributed by atoms with Gasteiger partial charge in [-0.2, -0.15) is 12.7 Å². The maximum absolute atomic E-state index is 11.2. The van der Waals surface area contributed by atoms with Gasteiger partial charge in [0.1, 0.15) is 0 Å². The third kappa shape index (κ3) is 5.48. The molecule has 0 unspecified atom stereocenters. The Hall–Kier alpha value is 0.0469. The summed E-state index contributed by atoms with van der Waals surface area (Å²) in [6.45, 7) is 13.6. The van der Waals surface area contributed by atoms with Gasteiger partial charge < -0.3 is 4.43 Å². The molecule has 104 valence electrons. The molecule has 0 aromatic heterocycles. The summed E-state index contributed by atoms with van der Waals surface area (Å²) in [5.74, 6) is 0. The Morgan fingerprint density at radius 2 is 1.76 bits per heavy atom. The van der Waals surface area contributed by atoms with Crippen molar-refractivity contribution in [3.05, 3.63) is 0 Å². The van der Waals surface area contributed by atoms with Crippen LogP contribution in [0.1, 0.15) is 27.7 Å². The van der Waals surface area contributed by atoms with Gasteiger partial charge in [-0.3, -0.25) is 0 Å². The fourth-order valence-electron chi connectivity index (χ4n) is 1.08. The van der Waals surface area contributed by atoms with Crippen LogP contribution in [0.4, 0.5) is 0 Å². The zero-order valence-corrected chi connectivity index (χ0v) is 13.6. The topological polar surface area (TPSA) is 72.6 Å². The standard InChI is InChI=1S/C10H26N2O3SSi/c1-7-12(16(11,13)14)8-9-15-17(5,6)10(2,3)4/h7-9H2,1-6H3,(H2,11,13,14). The van der Waals surface area contributed by atoms with Gasteiger partial charge in [-0.1, -0.05) is 27.7 Å². The second kappa shape index (κ2) is 5.79. The third-order valence-electron chi connectivity index (χ3n) is 3.32. The van der Waals surface area contributed by atoms with Crippen LogP contribution in [0.15, 0.2) is 0 Å². The molecule has 0 rings (SSSR count). The number of likely N-dealkylation sites (N-methyl/N-ethyl adjacent to an activating group) is 1. The monoisotopic (exact) mass is 282 g/mol. The smallest absolute Gasteiger partial charge is 0.276 e. The van der Waals surface area contributed by atoms with Crippen molar-refractivity contribution in [2.24, 2.45) is 5.14 Å². The lowest BCUT2D eigenvalue weighted by Gasteiger charge is -2.36. The lowest BCUT2D eigenvalue weighted by molar-refractivity contribution is 0.255. The van der Waals surface area contributed by atoms with E-state index in [1.165, 1.54) is 4.31 Å². The molecule has 0 spiro atoms. The van der Waals surface area contributed by atoms with E-state index in [2.05, 4.69) is 33.9 Å². The van der Waals surface area contributed by atoms with E-state index in [9.17, 15) is 8.42 Å². The van der Waals surface area contributed by atoms with Gasteiger partial charge in [-0.15, -0.1) is 0 Å². The van der Waals surface area contributed by atoms with Crippen molar-refractivity contribution in [2.45, 2.75) is 45.8 Å². The van der Waals surface area contributed by atoms with Crippen LogP contribution in [0.5, 0.6) is 0 Å². The largest absolute Gasteiger partial charge is 0.415 e. The number of nitrogens with zero attached hydrogens (tertiary/aromatic N) is 1. The average Bonchev–Trinajstić information content (AvgIpc) is 2.08. The Labute approximate surface area is 107 Å². The number of nitrogens with two attached hydrogens (primary N) is 1. The quantitative estimate of drug-likeness (QED) is 0.751. The Balaban J connectivity index is 4.34. The average molecular weight is 282 g/mol. The van der Waals surface area contributed by atoms with E-state index in [1.54, 1.807) is 6.92 Å². The molecule has 7 heteroatoms. The van der Waals surface area contributed by atoms with Gasteiger partial charge in [-0.05, 0) is 18.1 Å². The molecule has 0 heterocycles. The first-order valence-corrected chi connectivity index (χ1v) is 10.2. The molecule has 0 amide bonds. The van der Waals surface area contributed by atoms with Crippen LogP contribution in [0.3, 0.4) is 0 Å². The second-order valence-corrected chi connectivity index (χ2v) is 12.0. The van der Waals surface area contributed by atoms with Gasteiger partial charge in [0.2, 0.25) is 0 Å². The molecule has 0 aromatic rings. The van der Waals surface area contributed by atoms with Gasteiger partial charge in [0.05, 0.1) is 0 Å². The predicted octanol–water partition coefficient (Wildman–Crippen LogP) is 1.53. The fraction of sp³-hybridized carbons (Fsp3) is 1.00. The number of hydrogen-bond donors (Lipinski definition) is 1. The molecule has 0 fully saturated rings. The Kier molecular flexibility index (Phi) is 5.81. The molecular formula is C10H26N2O3SSi. The highest BCUT2D eigenvalue weighted by atomic mass is 32.2. The fourth-order valence-corrected chi connectivity index (χ4v) is 2.81. The lowest BCUT2D eigenvalue weighted by Crippen LogP contribution is -2.44. The molecule has 17 heavy (non-hydrogen) atoms. The van der Waals surface area contributed by atoms with Crippen LogP contribution in [-0.4, -0.2) is 40.7 Å². The summed E-state index contributed by atoms with van der Waals surface area (Å²) in [5, 5.41) is 5.21. The summed E-state index contributed by atoms with van der Waals surface area (Å²) in [4.78, 5) is 0. The maximum atomic E-state index is 11.2. The van der Waals surface area contributed by atoms with Gasteiger partial charge in [0, 0.05) is 19.7 Å². The highest BCUT2D eigenvalue weighted by Crippen LogP contribution is 2.36. The third-order valence-corrected chi connectivity index (χ3v) is 9.02. The van der Waals surface area contributed by atoms with Crippen molar-refractivity contribution in [2.75, 3.05) is 19.7 Å². The molecule has 5 nitrogen and oxygen atoms in total. The number of hydrogen-bond acceptors (Lipinski definition) is 3. The SMILES string of the molecule is CCN(CCO[Si](C)(C)C(C)(C)C)S(N)(=O)=O. The maximum Gasteiger partial charge on any atom is 0.276 e. The zero-order chi connectivity index (χ0) is 13.9. The first kappa shape index (κ1) is 17.0. The number of rotatable bonds is 6. The van der Waals surface area contributed by atoms with Gasteiger partial charge >= 0.3 is 0 Å². The predicted molar refractivity (Wildman–Crippen MR) is 73.5 cm³/mol. The molecule has 0 saturated carbocycles. The molecule has 2 N–H and O–H groups in total. The van der Waals surface area contributed by atoms with Crippen LogP contribution >= 0.6 is 0 Å². The Morgan fingerprint density at radius 3 is 2.06 bits per heavy atom. The van der Waals surface area contributed by atoms with E-state index in [0.717, 1.165) is 0 Å². The Bertz CT molecular complexity index is 336. The second-order valence-electron chi connectivity index (χ2n) is 5.65. The molecular weight excluding hydrogens is 256 g/mol. The van der Waals surface area contributed by atoms with E-state index >= 15 is 0 Å². The van der Waals surface area contributed by atoms with E-state index in [4.69, 9.17) is 9.56 Å². The highest BCUT2D eigenvalue weighted by Gasteiger charge is 2.37. The summed E-state index contributed by atoms with van der Waals surface area (Å²) in [6.07, 6.45) is 0.